The lowest BCUT2D eigenvalue weighted by molar-refractivity contribution is -0.130. The van der Waals surface area contributed by atoms with E-state index in [0.29, 0.717) is 6.10 Å². The summed E-state index contributed by atoms with van der Waals surface area (Å²) in [5, 5.41) is 3.35. The van der Waals surface area contributed by atoms with E-state index in [4.69, 9.17) is 4.74 Å². The number of ether oxygens (including phenoxy) is 1. The lowest BCUT2D eigenvalue weighted by Crippen LogP contribution is -2.49. The molecule has 1 atom stereocenters. The molecule has 0 aliphatic carbocycles. The first-order valence-corrected chi connectivity index (χ1v) is 6.56. The first-order valence-electron chi connectivity index (χ1n) is 6.56. The van der Waals surface area contributed by atoms with Gasteiger partial charge in [0, 0.05) is 52.7 Å². The first-order chi connectivity index (χ1) is 8.25. The van der Waals surface area contributed by atoms with Crippen LogP contribution in [0.2, 0.25) is 0 Å². The highest BCUT2D eigenvalue weighted by Gasteiger charge is 2.20. The van der Waals surface area contributed by atoms with Gasteiger partial charge in [-0.05, 0) is 6.42 Å². The summed E-state index contributed by atoms with van der Waals surface area (Å²) in [5.41, 5.74) is 0. The molecule has 2 saturated heterocycles. The number of rotatable bonds is 3. The maximum Gasteiger partial charge on any atom is 0.219 e. The van der Waals surface area contributed by atoms with Gasteiger partial charge in [0.05, 0.1) is 12.7 Å². The molecule has 5 heteroatoms. The lowest BCUT2D eigenvalue weighted by Gasteiger charge is -2.35. The fraction of sp³-hybridized carbons (Fsp3) is 0.917. The summed E-state index contributed by atoms with van der Waals surface area (Å²) in [5.74, 6) is 0.199. The topological polar surface area (TPSA) is 44.8 Å². The SMILES string of the molecule is CC(=O)N1CCN(CCC2CNCCO2)CC1. The summed E-state index contributed by atoms with van der Waals surface area (Å²) in [6.07, 6.45) is 1.46. The number of carbonyl (C=O) groups excluding carboxylic acids is 1. The summed E-state index contributed by atoms with van der Waals surface area (Å²) in [6, 6.07) is 0. The number of morpholine rings is 1. The second-order valence-corrected chi connectivity index (χ2v) is 4.83. The zero-order chi connectivity index (χ0) is 12.1. The highest BCUT2D eigenvalue weighted by atomic mass is 16.5. The summed E-state index contributed by atoms with van der Waals surface area (Å²) in [6.45, 7) is 9.27. The fourth-order valence-electron chi connectivity index (χ4n) is 2.42. The molecule has 0 aromatic rings. The quantitative estimate of drug-likeness (QED) is 0.725. The van der Waals surface area contributed by atoms with Crippen molar-refractivity contribution in [2.24, 2.45) is 0 Å². The fourth-order valence-corrected chi connectivity index (χ4v) is 2.42. The Morgan fingerprint density at radius 2 is 2.12 bits per heavy atom. The van der Waals surface area contributed by atoms with Crippen LogP contribution in [0.15, 0.2) is 0 Å². The second-order valence-electron chi connectivity index (χ2n) is 4.83. The van der Waals surface area contributed by atoms with Crippen LogP contribution < -0.4 is 5.32 Å². The largest absolute Gasteiger partial charge is 0.376 e. The average molecular weight is 241 g/mol. The van der Waals surface area contributed by atoms with Crippen LogP contribution in [-0.4, -0.2) is 74.2 Å². The average Bonchev–Trinajstić information content (AvgIpc) is 2.38. The van der Waals surface area contributed by atoms with E-state index < -0.39 is 0 Å². The van der Waals surface area contributed by atoms with Crippen LogP contribution in [0.5, 0.6) is 0 Å². The molecule has 2 aliphatic heterocycles. The van der Waals surface area contributed by atoms with Gasteiger partial charge in [-0.25, -0.2) is 0 Å². The van der Waals surface area contributed by atoms with Crippen molar-refractivity contribution in [3.8, 4) is 0 Å². The van der Waals surface area contributed by atoms with E-state index in [-0.39, 0.29) is 5.91 Å². The Morgan fingerprint density at radius 1 is 1.35 bits per heavy atom. The number of hydrogen-bond acceptors (Lipinski definition) is 4. The minimum atomic E-state index is 0.199. The standard InChI is InChI=1S/C12H23N3O2/c1-11(16)15-7-5-14(6-8-15)4-2-12-10-13-3-9-17-12/h12-13H,2-10H2,1H3. The Bertz CT molecular complexity index is 246. The van der Waals surface area contributed by atoms with Crippen LogP contribution in [0.25, 0.3) is 0 Å². The molecule has 2 fully saturated rings. The third-order valence-corrected chi connectivity index (χ3v) is 3.59. The van der Waals surface area contributed by atoms with E-state index >= 15 is 0 Å². The molecule has 0 spiro atoms. The molecule has 5 nitrogen and oxygen atoms in total. The van der Waals surface area contributed by atoms with Crippen LogP contribution in [0.4, 0.5) is 0 Å². The second kappa shape index (κ2) is 6.33. The van der Waals surface area contributed by atoms with Crippen LogP contribution in [-0.2, 0) is 9.53 Å². The van der Waals surface area contributed by atoms with E-state index in [1.165, 1.54) is 0 Å². The maximum absolute atomic E-state index is 11.2. The number of hydrogen-bond donors (Lipinski definition) is 1. The molecule has 98 valence electrons. The van der Waals surface area contributed by atoms with Crippen molar-refractivity contribution in [3.05, 3.63) is 0 Å². The number of nitrogens with zero attached hydrogens (tertiary/aromatic N) is 2. The van der Waals surface area contributed by atoms with Gasteiger partial charge in [0.1, 0.15) is 0 Å². The van der Waals surface area contributed by atoms with E-state index in [1.807, 2.05) is 4.90 Å². The molecule has 0 bridgehead atoms. The minimum absolute atomic E-state index is 0.199. The van der Waals surface area contributed by atoms with Gasteiger partial charge in [0.15, 0.2) is 0 Å². The van der Waals surface area contributed by atoms with E-state index in [1.54, 1.807) is 6.92 Å². The highest BCUT2D eigenvalue weighted by molar-refractivity contribution is 5.73. The summed E-state index contributed by atoms with van der Waals surface area (Å²) in [7, 11) is 0. The van der Waals surface area contributed by atoms with Gasteiger partial charge in [0.25, 0.3) is 0 Å². The van der Waals surface area contributed by atoms with Crippen LogP contribution in [0.3, 0.4) is 0 Å². The number of piperazine rings is 1. The number of carbonyl (C=O) groups is 1. The van der Waals surface area contributed by atoms with Gasteiger partial charge in [-0.2, -0.15) is 0 Å². The van der Waals surface area contributed by atoms with Crippen molar-refractivity contribution < 1.29 is 9.53 Å². The Balaban J connectivity index is 1.62. The van der Waals surface area contributed by atoms with Crippen molar-refractivity contribution in [2.75, 3.05) is 52.4 Å². The van der Waals surface area contributed by atoms with E-state index in [0.717, 1.165) is 58.8 Å². The third kappa shape index (κ3) is 3.94. The predicted molar refractivity (Wildman–Crippen MR) is 65.9 cm³/mol. The summed E-state index contributed by atoms with van der Waals surface area (Å²) in [4.78, 5) is 15.5. The Morgan fingerprint density at radius 3 is 2.71 bits per heavy atom. The molecule has 17 heavy (non-hydrogen) atoms. The Labute approximate surface area is 103 Å². The van der Waals surface area contributed by atoms with E-state index in [2.05, 4.69) is 10.2 Å². The molecule has 1 N–H and O–H groups in total. The van der Waals surface area contributed by atoms with Crippen molar-refractivity contribution >= 4 is 5.91 Å². The third-order valence-electron chi connectivity index (χ3n) is 3.59. The lowest BCUT2D eigenvalue weighted by atomic mass is 10.2. The van der Waals surface area contributed by atoms with E-state index in [9.17, 15) is 4.79 Å². The Kier molecular flexibility index (Phi) is 4.76. The maximum atomic E-state index is 11.2. The molecular formula is C12H23N3O2. The molecule has 2 aliphatic rings. The summed E-state index contributed by atoms with van der Waals surface area (Å²) >= 11 is 0. The number of nitrogens with one attached hydrogen (secondary N) is 1. The molecule has 2 heterocycles. The number of amides is 1. The van der Waals surface area contributed by atoms with Gasteiger partial charge in [-0.1, -0.05) is 0 Å². The molecule has 2 rings (SSSR count). The van der Waals surface area contributed by atoms with Crippen LogP contribution in [0.1, 0.15) is 13.3 Å². The normalized spacial score (nSPS) is 27.1. The molecule has 0 aromatic heterocycles. The molecule has 1 amide bonds. The van der Waals surface area contributed by atoms with Gasteiger partial charge in [0.2, 0.25) is 5.91 Å². The molecule has 0 aromatic carbocycles. The zero-order valence-electron chi connectivity index (χ0n) is 10.7. The van der Waals surface area contributed by atoms with Gasteiger partial charge >= 0.3 is 0 Å². The van der Waals surface area contributed by atoms with Crippen molar-refractivity contribution in [1.82, 2.24) is 15.1 Å². The monoisotopic (exact) mass is 241 g/mol. The minimum Gasteiger partial charge on any atom is -0.376 e. The van der Waals surface area contributed by atoms with Crippen molar-refractivity contribution in [2.45, 2.75) is 19.4 Å². The first kappa shape index (κ1) is 12.8. The van der Waals surface area contributed by atoms with Gasteiger partial charge < -0.3 is 15.0 Å². The molecule has 0 saturated carbocycles. The van der Waals surface area contributed by atoms with Crippen LogP contribution >= 0.6 is 0 Å². The predicted octanol–water partition coefficient (Wildman–Crippen LogP) is -0.471. The van der Waals surface area contributed by atoms with Crippen molar-refractivity contribution in [1.29, 1.82) is 0 Å². The molecule has 0 radical (unpaired) electrons. The Hall–Kier alpha value is -0.650. The smallest absolute Gasteiger partial charge is 0.219 e. The molecular weight excluding hydrogens is 218 g/mol. The van der Waals surface area contributed by atoms with Crippen LogP contribution in [0, 0.1) is 0 Å². The van der Waals surface area contributed by atoms with Crippen molar-refractivity contribution in [3.63, 3.8) is 0 Å². The zero-order valence-corrected chi connectivity index (χ0v) is 10.7. The van der Waals surface area contributed by atoms with Gasteiger partial charge in [-0.3, -0.25) is 9.69 Å². The molecule has 1 unspecified atom stereocenters. The highest BCUT2D eigenvalue weighted by Crippen LogP contribution is 2.06. The van der Waals surface area contributed by atoms with Gasteiger partial charge in [-0.15, -0.1) is 0 Å². The summed E-state index contributed by atoms with van der Waals surface area (Å²) < 4.78 is 5.67.